The van der Waals surface area contributed by atoms with Crippen LogP contribution in [-0.4, -0.2) is 140 Å². The van der Waals surface area contributed by atoms with Crippen molar-refractivity contribution in [2.75, 3.05) is 90.0 Å². The minimum atomic E-state index is -2.86. The van der Waals surface area contributed by atoms with E-state index in [2.05, 4.69) is 206 Å². The number of carboxylic acid groups (broad SMARTS) is 1. The molecule has 0 fully saturated rings. The van der Waals surface area contributed by atoms with Crippen molar-refractivity contribution in [2.45, 2.75) is 41.4 Å². The van der Waals surface area contributed by atoms with Gasteiger partial charge in [-0.15, -0.1) is 80.6 Å². The summed E-state index contributed by atoms with van der Waals surface area (Å²) in [7, 11) is -15.7. The number of amides is 1. The Balaban J connectivity index is -0.00000147. The summed E-state index contributed by atoms with van der Waals surface area (Å²) in [6.07, 6.45) is 6.90. The van der Waals surface area contributed by atoms with E-state index >= 15 is 0 Å². The first-order chi connectivity index (χ1) is 59.1. The van der Waals surface area contributed by atoms with Gasteiger partial charge in [-0.2, -0.15) is 37.9 Å². The second-order valence-electron chi connectivity index (χ2n) is 29.1. The van der Waals surface area contributed by atoms with Gasteiger partial charge in [0.25, 0.3) is 0 Å². The topological polar surface area (TPSA) is 278 Å². The van der Waals surface area contributed by atoms with Gasteiger partial charge in [0, 0.05) is 87.6 Å². The van der Waals surface area contributed by atoms with E-state index in [0.717, 1.165) is 88.2 Å². The summed E-state index contributed by atoms with van der Waals surface area (Å²) in [5.74, 6) is -3.33. The Morgan fingerprint density at radius 2 is 0.737 bits per heavy atom. The van der Waals surface area contributed by atoms with Crippen molar-refractivity contribution in [3.63, 3.8) is 0 Å². The van der Waals surface area contributed by atoms with Crippen LogP contribution in [0.5, 0.6) is 0 Å². The van der Waals surface area contributed by atoms with E-state index in [1.54, 1.807) is 123 Å². The Labute approximate surface area is 993 Å². The smallest absolute Gasteiger partial charge is 0.813 e. The molecule has 0 aliphatic rings. The fraction of sp³-hybridized carbons (Fsp3) is 0.280. The molecular weight excluding hydrogens is 3060 g/mol. The molecule has 3 N–H and O–H groups in total. The number of nitrogens with two attached hydrogens (primary N) is 1. The number of ether oxygens (including phenoxy) is 1. The average molecular weight is 3150 g/mol. The number of carbonyl (C=O) groups is 6. The fourth-order valence-corrected chi connectivity index (χ4v) is 28.8. The van der Waals surface area contributed by atoms with Gasteiger partial charge >= 0.3 is 55.0 Å². The molecule has 0 bridgehead atoms. The quantitative estimate of drug-likeness (QED) is 0.00569. The maximum absolute atomic E-state index is 12.8. The van der Waals surface area contributed by atoms with E-state index in [4.69, 9.17) is 86.9 Å². The van der Waals surface area contributed by atoms with Gasteiger partial charge in [0.2, 0.25) is 17.1 Å². The van der Waals surface area contributed by atoms with E-state index in [1.807, 2.05) is 113 Å². The van der Waals surface area contributed by atoms with Crippen LogP contribution in [0.25, 0.3) is 60.5 Å². The molecule has 0 aliphatic carbocycles. The normalized spacial score (nSPS) is 12.2. The SMILES string of the molecule is CC(=O)OC(=O)C(c1csc2ccc(Cl)cc12)P(C)(C)=O.CP(C)(=O)C(C(=O)Cl)c1csc2ccc(Cl)cc12.CP(C)(=O)C(C(=O)O)c1csc2ccc(Cl)cc12.CP(C)(=O)C(C(=O)n1ccnc1)c1csc2ccc(Cl)cc12.CP(C)(=O)C(C(N)=O)c1csc2ccc(Cl)cc12.CP(C)(=O)Cc1csc2ccc(Cl)cc12.CS.SC(I)(I)I.SC(I)I.SCI.[CH2-]I.[CH3-].[SH-].[SH-].[V+2].[V+2]. The number of esters is 2. The molecule has 7 heterocycles. The Bertz CT molecular complexity index is 6020. The van der Waals surface area contributed by atoms with E-state index in [0.29, 0.717) is 49.2 Å². The molecule has 51 heteroatoms. The first kappa shape index (κ1) is 141. The van der Waals surface area contributed by atoms with Crippen molar-refractivity contribution in [1.82, 2.24) is 9.55 Å². The fourth-order valence-electron chi connectivity index (χ4n) is 12.2. The number of thiol groups is 6. The van der Waals surface area contributed by atoms with Gasteiger partial charge in [-0.05, 0) is 373 Å². The number of carboxylic acids is 1. The van der Waals surface area contributed by atoms with Crippen LogP contribution in [0.15, 0.2) is 160 Å². The molecule has 2 radical (unpaired) electrons. The van der Waals surface area contributed by atoms with Crippen LogP contribution in [0.3, 0.4) is 0 Å². The predicted octanol–water partition coefficient (Wildman–Crippen LogP) is 34.6. The Hall–Kier alpha value is 3.50. The van der Waals surface area contributed by atoms with Crippen LogP contribution in [0.2, 0.25) is 30.1 Å². The van der Waals surface area contributed by atoms with Gasteiger partial charge in [0.15, 0.2) is -1.23 Å². The number of hydrogen-bond donors (Lipinski definition) is 6. The maximum atomic E-state index is 12.8. The molecule has 5 atom stereocenters. The monoisotopic (exact) mass is 3150 g/mol. The van der Waals surface area contributed by atoms with Crippen LogP contribution in [0, 0.1) is 12.4 Å². The van der Waals surface area contributed by atoms with Crippen LogP contribution in [0.4, 0.5) is 0 Å². The number of carbonyl (C=O) groups excluding carboxylic acids is 5. The molecule has 0 aliphatic heterocycles. The first-order valence-electron chi connectivity index (χ1n) is 35.9. The molecule has 7 aromatic heterocycles. The number of halogens is 14. The zero-order chi connectivity index (χ0) is 98.0. The Morgan fingerprint density at radius 3 is 0.970 bits per heavy atom. The van der Waals surface area contributed by atoms with Gasteiger partial charge < -0.3 is 100.0 Å². The number of fused-ring (bicyclic) bond motifs is 6. The molecule has 1 amide bonds. The van der Waals surface area contributed by atoms with E-state index in [1.165, 1.54) is 105 Å². The number of thiophene rings is 6. The van der Waals surface area contributed by atoms with E-state index in [9.17, 15) is 61.3 Å². The number of primary amides is 1. The summed E-state index contributed by atoms with van der Waals surface area (Å²) in [4.78, 5) is 77.7. The largest absolute Gasteiger partial charge is 2.00 e. The van der Waals surface area contributed by atoms with E-state index in [-0.39, 0.29) is 76.2 Å². The second-order valence-corrected chi connectivity index (χ2v) is 81.9. The molecular formula is C82H93Cl7I7N3O14P6S12V2. The van der Waals surface area contributed by atoms with Crippen LogP contribution < -0.4 is 5.73 Å². The number of aromatic nitrogens is 2. The molecule has 0 saturated carbocycles. The summed E-state index contributed by atoms with van der Waals surface area (Å²) in [5.41, 5.74) is 5.82. The summed E-state index contributed by atoms with van der Waals surface area (Å²) < 4.78 is 87.5. The molecule has 5 unspecified atom stereocenters. The Kier molecular flexibility index (Phi) is 69.2. The molecule has 730 valence electrons. The van der Waals surface area contributed by atoms with Gasteiger partial charge in [-0.1, -0.05) is 137 Å². The minimum absolute atomic E-state index is 0. The van der Waals surface area contributed by atoms with Crippen molar-refractivity contribution in [1.29, 1.82) is 0 Å². The van der Waals surface area contributed by atoms with Crippen LogP contribution in [0.1, 0.15) is 73.4 Å². The van der Waals surface area contributed by atoms with E-state index < -0.39 is 100 Å². The molecule has 0 spiro atoms. The molecule has 6 aromatic carbocycles. The third kappa shape index (κ3) is 47.5. The number of alkyl halides is 6. The zero-order valence-electron chi connectivity index (χ0n) is 72.9. The third-order valence-corrected chi connectivity index (χ3v) is 34.3. The number of rotatable bonds is 17. The summed E-state index contributed by atoms with van der Waals surface area (Å²) in [5, 5.41) is 28.8. The van der Waals surface area contributed by atoms with Crippen molar-refractivity contribution >= 4 is 523 Å². The zero-order valence-corrected chi connectivity index (χ0v) is 112. The van der Waals surface area contributed by atoms with Crippen molar-refractivity contribution in [3.05, 3.63) is 236 Å². The molecule has 133 heavy (non-hydrogen) atoms. The third-order valence-electron chi connectivity index (χ3n) is 16.8. The number of hydrogen-bond acceptors (Lipinski definition) is 26. The van der Waals surface area contributed by atoms with Crippen molar-refractivity contribution in [3.8, 4) is 0 Å². The van der Waals surface area contributed by atoms with Crippen LogP contribution in [-0.2, 0) is 126 Å². The summed E-state index contributed by atoms with van der Waals surface area (Å²) in [6, 6.07) is 33.0. The molecule has 17 nitrogen and oxygen atoms in total. The molecule has 13 aromatic rings. The average Bonchev–Trinajstić information content (AvgIpc) is 1.65. The standard InChI is InChI=1S/C15H14ClN2O2PS.C14H14ClO4PS.C12H11Cl2O2PS.C12H13ClNO2PS.C12H12ClO3PS.C11H12ClOPS.CHI3S.CH2I2S.CH3IS.CH2I.CH4S.CH3.2H2S.2V/c1-21(2,20)14(15(19)18-6-5-17-9-18)12-8-22-13-4-3-10(16)7-11(12)13;1-8(16)19-14(17)13(20(2,3)18)11-7-21-12-5-4-9(15)6-10(11)12;3*1-17(2,16)11(12(14)15)9-6-18-10-4-3-7(13)5-8(9)10;1-14(2,13)6-8-7-15-11-4-3-9(12)5-10(8)11;2-1(3,4)5;2-1(3)4;2-1-3;2*1-2;;;;;/h3-9,14H,1-2H3;4-7,13H,1-3H3;3-6,11H,1-2H3;3-6,11H,1-2H3,(H2,14,15);3-6,11H,1-2H3,(H,14,15);3-5,7H,6H2,1-2H3;5H;1,4H;3H,1H2;1H2;2H,1H3;1H3;2*1H2;;/q;;;;;;;;;-1;;-1;;;2*+2/p-2. The number of aliphatic carboxylic acids is 1. The van der Waals surface area contributed by atoms with Gasteiger partial charge in [-0.25, -0.2) is 4.98 Å². The maximum Gasteiger partial charge on any atom is 2.00 e. The summed E-state index contributed by atoms with van der Waals surface area (Å²) in [6.45, 7) is 20.4. The minimum Gasteiger partial charge on any atom is -0.813 e. The first-order valence-corrected chi connectivity index (χ1v) is 71.3. The Morgan fingerprint density at radius 1 is 0.496 bits per heavy atom. The summed E-state index contributed by atoms with van der Waals surface area (Å²) >= 11 is 81.0. The predicted molar refractivity (Wildman–Crippen MR) is 663 cm³/mol. The van der Waals surface area contributed by atoms with Crippen molar-refractivity contribution in [2.24, 2.45) is 5.73 Å². The number of nitrogens with zero attached hydrogens (tertiary/aromatic N) is 2. The second kappa shape index (κ2) is 65.5. The van der Waals surface area contributed by atoms with Gasteiger partial charge in [0.05, 0.1) is 42.9 Å². The molecule has 13 rings (SSSR count). The van der Waals surface area contributed by atoms with Gasteiger partial charge in [-0.3, -0.25) is 38.3 Å². The number of benzene rings is 6. The van der Waals surface area contributed by atoms with Crippen molar-refractivity contribution < 1.29 is 103 Å². The number of imidazole rings is 1. The molecule has 0 saturated heterocycles. The van der Waals surface area contributed by atoms with Gasteiger partial charge in [0.1, 0.15) is 35.9 Å². The van der Waals surface area contributed by atoms with Crippen LogP contribution >= 0.6 is 401 Å².